The van der Waals surface area contributed by atoms with Crippen LogP contribution in [0.3, 0.4) is 0 Å². The van der Waals surface area contributed by atoms with Crippen LogP contribution in [0.15, 0.2) is 182 Å². The molecule has 10 aromatic rings. The van der Waals surface area contributed by atoms with Crippen molar-refractivity contribution in [1.82, 2.24) is 0 Å². The molecule has 0 saturated heterocycles. The van der Waals surface area contributed by atoms with Crippen LogP contribution in [0.25, 0.3) is 98.0 Å². The predicted octanol–water partition coefficient (Wildman–Crippen LogP) is 13.6. The Kier molecular flexibility index (Phi) is 5.98. The van der Waals surface area contributed by atoms with Crippen LogP contribution >= 0.6 is 0 Å². The number of hydrogen-bond donors (Lipinski definition) is 0. The second-order valence-corrected chi connectivity index (χ2v) is 12.8. The summed E-state index contributed by atoms with van der Waals surface area (Å²) in [5.41, 5.74) is 7.55. The second-order valence-electron chi connectivity index (χ2n) is 12.8. The summed E-state index contributed by atoms with van der Waals surface area (Å²) in [7, 11) is 0. The zero-order valence-corrected chi connectivity index (χ0v) is 26.3. The van der Waals surface area contributed by atoms with E-state index in [4.69, 9.17) is 0 Å². The lowest BCUT2D eigenvalue weighted by molar-refractivity contribution is 1.63. The summed E-state index contributed by atoms with van der Waals surface area (Å²) >= 11 is 0. The fraction of sp³-hybridized carbons (Fsp3) is 0. The van der Waals surface area contributed by atoms with E-state index in [9.17, 15) is 0 Å². The third kappa shape index (κ3) is 4.03. The fourth-order valence-electron chi connectivity index (χ4n) is 8.10. The summed E-state index contributed by atoms with van der Waals surface area (Å²) < 4.78 is 0. The zero-order valence-electron chi connectivity index (χ0n) is 26.3. The molecule has 0 aromatic heterocycles. The summed E-state index contributed by atoms with van der Waals surface area (Å²) in [6.45, 7) is 0. The van der Waals surface area contributed by atoms with E-state index < -0.39 is 0 Å². The molecule has 0 aliphatic heterocycles. The molecule has 0 atom stereocenters. The summed E-state index contributed by atoms with van der Waals surface area (Å²) in [4.78, 5) is 0. The van der Waals surface area contributed by atoms with E-state index in [0.29, 0.717) is 0 Å². The molecule has 0 saturated carbocycles. The van der Waals surface area contributed by atoms with Crippen LogP contribution in [0.5, 0.6) is 0 Å². The molecule has 0 aliphatic rings. The van der Waals surface area contributed by atoms with Crippen LogP contribution in [0.2, 0.25) is 0 Å². The highest BCUT2D eigenvalue weighted by Crippen LogP contribution is 2.50. The van der Waals surface area contributed by atoms with Gasteiger partial charge < -0.3 is 0 Å². The van der Waals surface area contributed by atoms with Gasteiger partial charge in [0.25, 0.3) is 0 Å². The van der Waals surface area contributed by atoms with Gasteiger partial charge in [-0.1, -0.05) is 176 Å². The molecule has 0 N–H and O–H groups in total. The third-order valence-electron chi connectivity index (χ3n) is 10.2. The first-order chi connectivity index (χ1) is 23.8. The molecule has 0 fully saturated rings. The van der Waals surface area contributed by atoms with Gasteiger partial charge in [-0.25, -0.2) is 0 Å². The number of fused-ring (bicyclic) bond motifs is 8. The molecular weight excluding hydrogens is 577 g/mol. The minimum Gasteiger partial charge on any atom is -0.0616 e. The maximum atomic E-state index is 2.43. The van der Waals surface area contributed by atoms with Crippen molar-refractivity contribution in [1.29, 1.82) is 0 Å². The van der Waals surface area contributed by atoms with E-state index in [0.717, 1.165) is 0 Å². The molecule has 0 nitrogen and oxygen atoms in total. The van der Waals surface area contributed by atoms with Crippen LogP contribution in [0.4, 0.5) is 0 Å². The van der Waals surface area contributed by atoms with Crippen molar-refractivity contribution in [2.75, 3.05) is 0 Å². The van der Waals surface area contributed by atoms with Crippen molar-refractivity contribution >= 4 is 64.6 Å². The van der Waals surface area contributed by atoms with Gasteiger partial charge >= 0.3 is 0 Å². The van der Waals surface area contributed by atoms with Gasteiger partial charge in [-0.05, 0) is 104 Å². The van der Waals surface area contributed by atoms with Crippen molar-refractivity contribution < 1.29 is 0 Å². The monoisotopic (exact) mass is 606 g/mol. The van der Waals surface area contributed by atoms with Gasteiger partial charge in [0.2, 0.25) is 0 Å². The van der Waals surface area contributed by atoms with E-state index in [1.54, 1.807) is 0 Å². The molecule has 0 bridgehead atoms. The van der Waals surface area contributed by atoms with Crippen LogP contribution in [0, 0.1) is 0 Å². The van der Waals surface area contributed by atoms with Gasteiger partial charge in [-0.2, -0.15) is 0 Å². The van der Waals surface area contributed by atoms with Gasteiger partial charge in [0, 0.05) is 0 Å². The molecule has 10 rings (SSSR count). The molecule has 0 spiro atoms. The Hall–Kier alpha value is -6.24. The van der Waals surface area contributed by atoms with E-state index in [1.807, 2.05) is 0 Å². The maximum Gasteiger partial charge on any atom is -0.00137 e. The Balaban J connectivity index is 1.43. The first-order valence-electron chi connectivity index (χ1n) is 16.7. The highest BCUT2D eigenvalue weighted by molar-refractivity contribution is 6.22. The molecule has 0 aliphatic carbocycles. The minimum absolute atomic E-state index is 1.24. The van der Waals surface area contributed by atoms with E-state index in [1.165, 1.54) is 98.0 Å². The van der Waals surface area contributed by atoms with Crippen molar-refractivity contribution in [3.8, 4) is 33.4 Å². The summed E-state index contributed by atoms with van der Waals surface area (Å²) in [6.07, 6.45) is 0. The summed E-state index contributed by atoms with van der Waals surface area (Å²) in [6, 6.07) is 67.3. The molecule has 10 aromatic carbocycles. The lowest BCUT2D eigenvalue weighted by Crippen LogP contribution is -1.95. The van der Waals surface area contributed by atoms with Crippen LogP contribution in [-0.2, 0) is 0 Å². The third-order valence-corrected chi connectivity index (χ3v) is 10.2. The lowest BCUT2D eigenvalue weighted by atomic mass is 9.80. The van der Waals surface area contributed by atoms with Crippen molar-refractivity contribution in [3.05, 3.63) is 182 Å². The number of benzene rings is 10. The SMILES string of the molecule is c1ccc2c(-c3c(-c4cccc5c4ccc4ccccc45)c(-c4cccc5c4ccc4ccccc45)cc4ccccc34)cccc2c1. The molecule has 0 radical (unpaired) electrons. The highest BCUT2D eigenvalue weighted by atomic mass is 14.2. The average Bonchev–Trinajstić information content (AvgIpc) is 3.16. The molecule has 48 heavy (non-hydrogen) atoms. The van der Waals surface area contributed by atoms with Crippen LogP contribution < -0.4 is 0 Å². The Morgan fingerprint density at radius 1 is 0.188 bits per heavy atom. The lowest BCUT2D eigenvalue weighted by Gasteiger charge is -2.23. The quantitative estimate of drug-likeness (QED) is 0.176. The first kappa shape index (κ1) is 26.9. The Morgan fingerprint density at radius 2 is 0.604 bits per heavy atom. The van der Waals surface area contributed by atoms with Gasteiger partial charge in [0.1, 0.15) is 0 Å². The van der Waals surface area contributed by atoms with Crippen molar-refractivity contribution in [3.63, 3.8) is 0 Å². The van der Waals surface area contributed by atoms with Crippen LogP contribution in [-0.4, -0.2) is 0 Å². The van der Waals surface area contributed by atoms with Crippen LogP contribution in [0.1, 0.15) is 0 Å². The molecule has 0 amide bonds. The fourth-order valence-corrected chi connectivity index (χ4v) is 8.10. The first-order valence-corrected chi connectivity index (χ1v) is 16.7. The molecule has 0 heteroatoms. The van der Waals surface area contributed by atoms with Gasteiger partial charge in [-0.15, -0.1) is 0 Å². The second kappa shape index (κ2) is 10.7. The summed E-state index contributed by atoms with van der Waals surface area (Å²) in [5, 5.41) is 15.2. The Labute approximate surface area is 279 Å². The average molecular weight is 607 g/mol. The van der Waals surface area contributed by atoms with E-state index in [2.05, 4.69) is 182 Å². The maximum absolute atomic E-state index is 2.43. The largest absolute Gasteiger partial charge is 0.0616 e. The minimum atomic E-state index is 1.24. The van der Waals surface area contributed by atoms with E-state index in [-0.39, 0.29) is 0 Å². The van der Waals surface area contributed by atoms with Crippen molar-refractivity contribution in [2.24, 2.45) is 0 Å². The van der Waals surface area contributed by atoms with Gasteiger partial charge in [-0.3, -0.25) is 0 Å². The highest BCUT2D eigenvalue weighted by Gasteiger charge is 2.22. The number of hydrogen-bond acceptors (Lipinski definition) is 0. The normalized spacial score (nSPS) is 11.8. The van der Waals surface area contributed by atoms with Gasteiger partial charge in [0.15, 0.2) is 0 Å². The Bertz CT molecular complexity index is 2890. The standard InChI is InChI=1S/C48H30/c1-7-19-37-31(12-1)16-9-24-44(37)47-38-20-8-4-15-34(38)30-46(41-23-10-21-39-35-17-5-2-13-32(35)26-28-42(39)41)48(47)45-25-11-22-40-36-18-6-3-14-33(36)27-29-43(40)45/h1-30H. The smallest absolute Gasteiger partial charge is 0.00137 e. The molecule has 0 unspecified atom stereocenters. The van der Waals surface area contributed by atoms with Gasteiger partial charge in [0.05, 0.1) is 0 Å². The van der Waals surface area contributed by atoms with E-state index >= 15 is 0 Å². The molecule has 222 valence electrons. The zero-order chi connectivity index (χ0) is 31.6. The number of rotatable bonds is 3. The molecular formula is C48H30. The topological polar surface area (TPSA) is 0 Å². The predicted molar refractivity (Wildman–Crippen MR) is 208 cm³/mol. The summed E-state index contributed by atoms with van der Waals surface area (Å²) in [5.74, 6) is 0. The Morgan fingerprint density at radius 3 is 1.25 bits per heavy atom. The van der Waals surface area contributed by atoms with Crippen molar-refractivity contribution in [2.45, 2.75) is 0 Å². The molecule has 0 heterocycles.